The highest BCUT2D eigenvalue weighted by atomic mass is 16.5. The van der Waals surface area contributed by atoms with E-state index in [4.69, 9.17) is 4.74 Å². The predicted molar refractivity (Wildman–Crippen MR) is 139 cm³/mol. The van der Waals surface area contributed by atoms with Crippen LogP contribution < -0.4 is 5.43 Å². The first kappa shape index (κ1) is 25.1. The van der Waals surface area contributed by atoms with Crippen molar-refractivity contribution in [2.45, 2.75) is 88.6 Å². The number of hydrogen-bond acceptors (Lipinski definition) is 7. The number of hydrazone groups is 1. The maximum Gasteiger partial charge on any atom is 0.331 e. The zero-order valence-electron chi connectivity index (χ0n) is 21.7. The lowest BCUT2D eigenvalue weighted by Crippen LogP contribution is -2.68. The van der Waals surface area contributed by atoms with Crippen molar-refractivity contribution in [3.8, 4) is 0 Å². The van der Waals surface area contributed by atoms with Crippen LogP contribution >= 0.6 is 0 Å². The quantitative estimate of drug-likeness (QED) is 0.275. The minimum Gasteiger partial charge on any atom is -0.458 e. The highest BCUT2D eigenvalue weighted by molar-refractivity contribution is 5.85. The van der Waals surface area contributed by atoms with Crippen LogP contribution in [0.25, 0.3) is 0 Å². The molecule has 4 saturated carbocycles. The number of carbonyl (C=O) groups excluding carboxylic acids is 1. The Morgan fingerprint density at radius 2 is 1.84 bits per heavy atom. The van der Waals surface area contributed by atoms with E-state index in [1.54, 1.807) is 6.08 Å². The number of ether oxygens (including phenoxy) is 1. The fourth-order valence-electron chi connectivity index (χ4n) is 9.25. The number of nitrogens with one attached hydrogen (secondary N) is 1. The molecule has 5 aliphatic rings. The molecule has 0 saturated heterocycles. The van der Waals surface area contributed by atoms with Crippen LogP contribution in [0.15, 0.2) is 47.1 Å². The third-order valence-corrected chi connectivity index (χ3v) is 11.2. The second kappa shape index (κ2) is 8.92. The number of fused-ring (bicyclic) bond motifs is 5. The summed E-state index contributed by atoms with van der Waals surface area (Å²) in [4.78, 5) is 11.8. The molecule has 0 amide bonds. The van der Waals surface area contributed by atoms with Gasteiger partial charge in [-0.3, -0.25) is 0 Å². The SMILES string of the molecule is C[C@]12CC[C@H]3[C@@H](CC[C@]4(O)C[C@@H](O)CC[C@]34/C=N/NCc3ccccc3)[C@@]1(O)CC[C@@H]2C1=CC(=O)OC1. The van der Waals surface area contributed by atoms with Crippen molar-refractivity contribution >= 4 is 12.2 Å². The summed E-state index contributed by atoms with van der Waals surface area (Å²) in [5.41, 5.74) is 2.51. The molecule has 200 valence electrons. The van der Waals surface area contributed by atoms with E-state index in [0.29, 0.717) is 45.3 Å². The summed E-state index contributed by atoms with van der Waals surface area (Å²) in [5, 5.41) is 39.8. The maximum absolute atomic E-state index is 12.5. The van der Waals surface area contributed by atoms with Crippen molar-refractivity contribution in [2.75, 3.05) is 6.61 Å². The van der Waals surface area contributed by atoms with Gasteiger partial charge in [0.25, 0.3) is 0 Å². The van der Waals surface area contributed by atoms with Crippen LogP contribution in [-0.2, 0) is 16.1 Å². The molecule has 0 spiro atoms. The fourth-order valence-corrected chi connectivity index (χ4v) is 9.25. The zero-order chi connectivity index (χ0) is 25.9. The lowest BCUT2D eigenvalue weighted by molar-refractivity contribution is -0.237. The molecular weight excluding hydrogens is 468 g/mol. The van der Waals surface area contributed by atoms with Gasteiger partial charge in [-0.05, 0) is 80.3 Å². The summed E-state index contributed by atoms with van der Waals surface area (Å²) in [5.74, 6) is -0.0281. The molecule has 1 aromatic rings. The van der Waals surface area contributed by atoms with Crippen LogP contribution in [-0.4, -0.2) is 51.4 Å². The van der Waals surface area contributed by atoms with E-state index in [-0.39, 0.29) is 29.1 Å². The number of nitrogens with zero attached hydrogens (tertiary/aromatic N) is 1. The van der Waals surface area contributed by atoms with Gasteiger partial charge in [-0.1, -0.05) is 37.3 Å². The highest BCUT2D eigenvalue weighted by Crippen LogP contribution is 2.70. The molecule has 0 unspecified atom stereocenters. The van der Waals surface area contributed by atoms with Crippen LogP contribution in [0, 0.1) is 28.6 Å². The van der Waals surface area contributed by atoms with Crippen molar-refractivity contribution in [3.63, 3.8) is 0 Å². The topological polar surface area (TPSA) is 111 Å². The molecule has 8 atom stereocenters. The van der Waals surface area contributed by atoms with E-state index in [0.717, 1.165) is 36.8 Å². The maximum atomic E-state index is 12.5. The van der Waals surface area contributed by atoms with Crippen LogP contribution in [0.5, 0.6) is 0 Å². The summed E-state index contributed by atoms with van der Waals surface area (Å²) in [6.07, 6.45) is 9.24. The Hall–Kier alpha value is -2.22. The molecule has 1 heterocycles. The van der Waals surface area contributed by atoms with Crippen molar-refractivity contribution in [3.05, 3.63) is 47.5 Å². The molecule has 6 rings (SSSR count). The monoisotopic (exact) mass is 508 g/mol. The molecule has 0 radical (unpaired) electrons. The average molecular weight is 509 g/mol. The number of carbonyl (C=O) groups is 1. The van der Waals surface area contributed by atoms with E-state index >= 15 is 0 Å². The van der Waals surface area contributed by atoms with E-state index in [1.807, 2.05) is 24.4 Å². The van der Waals surface area contributed by atoms with Crippen molar-refractivity contribution in [1.82, 2.24) is 5.43 Å². The Morgan fingerprint density at radius 1 is 1.05 bits per heavy atom. The van der Waals surface area contributed by atoms with Crippen LogP contribution in [0.2, 0.25) is 0 Å². The second-order valence-electron chi connectivity index (χ2n) is 12.6. The number of aliphatic hydroxyl groups is 3. The Labute approximate surface area is 219 Å². The first-order chi connectivity index (χ1) is 17.7. The van der Waals surface area contributed by atoms with Gasteiger partial charge in [-0.2, -0.15) is 5.10 Å². The number of cyclic esters (lactones) is 1. The molecule has 7 heteroatoms. The molecule has 1 aliphatic heterocycles. The van der Waals surface area contributed by atoms with E-state index < -0.39 is 22.7 Å². The van der Waals surface area contributed by atoms with Crippen molar-refractivity contribution in [2.24, 2.45) is 33.7 Å². The van der Waals surface area contributed by atoms with E-state index in [9.17, 15) is 20.1 Å². The van der Waals surface area contributed by atoms with Crippen molar-refractivity contribution in [1.29, 1.82) is 0 Å². The standard InChI is InChI=1S/C30H40N2O5/c1-27-11-8-24-25(30(27,36)14-10-23(27)21-15-26(34)37-18-21)9-13-29(35)16-22(33)7-12-28(24,29)19-32-31-17-20-5-3-2-4-6-20/h2-6,15,19,22-25,31,33,35-36H,7-14,16-18H2,1H3/b32-19+/t22-,23+,24-,25+,27+,28-,29-,30-/m0/s1. The number of esters is 1. The minimum absolute atomic E-state index is 0.0333. The van der Waals surface area contributed by atoms with Gasteiger partial charge in [0.15, 0.2) is 0 Å². The fraction of sp³-hybridized carbons (Fsp3) is 0.667. The molecule has 4 aliphatic carbocycles. The molecule has 4 fully saturated rings. The number of hydrogen-bond donors (Lipinski definition) is 4. The van der Waals surface area contributed by atoms with Gasteiger partial charge in [-0.15, -0.1) is 0 Å². The lowest BCUT2D eigenvalue weighted by Gasteiger charge is -2.65. The zero-order valence-corrected chi connectivity index (χ0v) is 21.7. The Balaban J connectivity index is 1.31. The van der Waals surface area contributed by atoms with Crippen LogP contribution in [0.3, 0.4) is 0 Å². The molecule has 7 nitrogen and oxygen atoms in total. The normalized spacial score (nSPS) is 45.1. The van der Waals surface area contributed by atoms with Gasteiger partial charge < -0.3 is 25.5 Å². The third kappa shape index (κ3) is 3.72. The van der Waals surface area contributed by atoms with Gasteiger partial charge in [-0.25, -0.2) is 4.79 Å². The number of rotatable bonds is 5. The molecule has 1 aromatic carbocycles. The average Bonchev–Trinajstić information content (AvgIpc) is 3.42. The molecule has 0 aromatic heterocycles. The first-order valence-corrected chi connectivity index (χ1v) is 14.0. The number of benzene rings is 1. The smallest absolute Gasteiger partial charge is 0.331 e. The van der Waals surface area contributed by atoms with Gasteiger partial charge in [0, 0.05) is 29.5 Å². The summed E-state index contributed by atoms with van der Waals surface area (Å²) in [6, 6.07) is 10.1. The van der Waals surface area contributed by atoms with E-state index in [2.05, 4.69) is 29.6 Å². The molecular formula is C30H40N2O5. The van der Waals surface area contributed by atoms with E-state index in [1.165, 1.54) is 0 Å². The van der Waals surface area contributed by atoms with Gasteiger partial charge in [0.1, 0.15) is 6.61 Å². The largest absolute Gasteiger partial charge is 0.458 e. The first-order valence-electron chi connectivity index (χ1n) is 14.0. The summed E-state index contributed by atoms with van der Waals surface area (Å²) < 4.78 is 5.24. The van der Waals surface area contributed by atoms with Gasteiger partial charge in [0.2, 0.25) is 0 Å². The Bertz CT molecular complexity index is 1110. The Kier molecular flexibility index (Phi) is 6.05. The summed E-state index contributed by atoms with van der Waals surface area (Å²) >= 11 is 0. The summed E-state index contributed by atoms with van der Waals surface area (Å²) in [6.45, 7) is 3.14. The van der Waals surface area contributed by atoms with Crippen molar-refractivity contribution < 1.29 is 24.9 Å². The molecule has 37 heavy (non-hydrogen) atoms. The molecule has 4 N–H and O–H groups in total. The highest BCUT2D eigenvalue weighted by Gasteiger charge is 2.71. The van der Waals surface area contributed by atoms with Gasteiger partial charge in [0.05, 0.1) is 23.9 Å². The summed E-state index contributed by atoms with van der Waals surface area (Å²) in [7, 11) is 0. The van der Waals surface area contributed by atoms with Gasteiger partial charge >= 0.3 is 5.97 Å². The lowest BCUT2D eigenvalue weighted by atomic mass is 9.41. The van der Waals surface area contributed by atoms with Crippen LogP contribution in [0.4, 0.5) is 0 Å². The second-order valence-corrected chi connectivity index (χ2v) is 12.6. The predicted octanol–water partition coefficient (Wildman–Crippen LogP) is 3.47. The number of aliphatic hydroxyl groups excluding tert-OH is 1. The molecule has 0 bridgehead atoms. The minimum atomic E-state index is -1.04. The Morgan fingerprint density at radius 3 is 2.59 bits per heavy atom. The van der Waals surface area contributed by atoms with Crippen LogP contribution in [0.1, 0.15) is 70.3 Å². The third-order valence-electron chi connectivity index (χ3n) is 11.2.